The number of hydrogen-bond donors (Lipinski definition) is 5. The van der Waals surface area contributed by atoms with Gasteiger partial charge in [-0.05, 0) is 139 Å². The first kappa shape index (κ1) is 30.1. The molecule has 5 nitrogen and oxygen atoms in total. The maximum Gasteiger partial charge on any atom is 0.115 e. The Morgan fingerprint density at radius 1 is 0.477 bits per heavy atom. The summed E-state index contributed by atoms with van der Waals surface area (Å²) in [6.07, 6.45) is 7.65. The SMILES string of the molecule is CC(CO)(C1CCC(c2ccc(O)cc2)(c2ccc(O)cc2)CC1)C1CCC(c2ccc(O)cc2)(c2ccc(O)cc2)CC1. The van der Waals surface area contributed by atoms with Gasteiger partial charge in [-0.3, -0.25) is 0 Å². The number of aliphatic hydroxyl groups is 1. The van der Waals surface area contributed by atoms with Crippen molar-refractivity contribution in [2.24, 2.45) is 17.3 Å². The first-order valence-corrected chi connectivity index (χ1v) is 16.0. The van der Waals surface area contributed by atoms with Crippen LogP contribution in [0.2, 0.25) is 0 Å². The zero-order valence-corrected chi connectivity index (χ0v) is 25.5. The largest absolute Gasteiger partial charge is 0.508 e. The minimum Gasteiger partial charge on any atom is -0.508 e. The molecule has 2 aliphatic rings. The molecule has 0 atom stereocenters. The van der Waals surface area contributed by atoms with Gasteiger partial charge >= 0.3 is 0 Å². The van der Waals surface area contributed by atoms with Crippen LogP contribution in [0.4, 0.5) is 0 Å². The Morgan fingerprint density at radius 3 is 0.909 bits per heavy atom. The fraction of sp³-hybridized carbons (Fsp3) is 0.385. The number of hydrogen-bond acceptors (Lipinski definition) is 5. The molecule has 0 unspecified atom stereocenters. The van der Waals surface area contributed by atoms with E-state index in [1.807, 2.05) is 48.5 Å². The molecule has 6 rings (SSSR count). The molecule has 0 amide bonds. The normalized spacial score (nSPS) is 19.0. The van der Waals surface area contributed by atoms with Crippen LogP contribution in [-0.4, -0.2) is 32.1 Å². The molecule has 5 heteroatoms. The third-order valence-electron chi connectivity index (χ3n) is 11.6. The molecule has 2 saturated carbocycles. The fourth-order valence-corrected chi connectivity index (χ4v) is 8.74. The van der Waals surface area contributed by atoms with Crippen LogP contribution in [0.1, 0.15) is 80.5 Å². The van der Waals surface area contributed by atoms with Gasteiger partial charge in [0.2, 0.25) is 0 Å². The van der Waals surface area contributed by atoms with E-state index >= 15 is 0 Å². The predicted molar refractivity (Wildman–Crippen MR) is 173 cm³/mol. The summed E-state index contributed by atoms with van der Waals surface area (Å²) in [6, 6.07) is 30.3. The number of rotatable bonds is 7. The van der Waals surface area contributed by atoms with Crippen molar-refractivity contribution in [3.63, 3.8) is 0 Å². The Labute approximate surface area is 260 Å². The van der Waals surface area contributed by atoms with Crippen molar-refractivity contribution in [1.29, 1.82) is 0 Å². The van der Waals surface area contributed by atoms with Crippen LogP contribution in [0.25, 0.3) is 0 Å². The van der Waals surface area contributed by atoms with Crippen LogP contribution in [-0.2, 0) is 10.8 Å². The maximum atomic E-state index is 11.0. The molecule has 5 N–H and O–H groups in total. The highest BCUT2D eigenvalue weighted by Crippen LogP contribution is 2.57. The second-order valence-electron chi connectivity index (χ2n) is 13.6. The molecule has 2 aliphatic carbocycles. The van der Waals surface area contributed by atoms with Crippen LogP contribution < -0.4 is 0 Å². The average Bonchev–Trinajstić information content (AvgIpc) is 3.06. The highest BCUT2D eigenvalue weighted by molar-refractivity contribution is 5.45. The monoisotopic (exact) mass is 592 g/mol. The fourth-order valence-electron chi connectivity index (χ4n) is 8.74. The summed E-state index contributed by atoms with van der Waals surface area (Å²) in [5, 5.41) is 51.0. The van der Waals surface area contributed by atoms with Crippen molar-refractivity contribution < 1.29 is 25.5 Å². The van der Waals surface area contributed by atoms with Crippen molar-refractivity contribution >= 4 is 0 Å². The minimum atomic E-state index is -0.216. The number of aromatic hydroxyl groups is 4. The molecule has 0 aliphatic heterocycles. The van der Waals surface area contributed by atoms with Crippen molar-refractivity contribution in [2.75, 3.05) is 6.61 Å². The second-order valence-corrected chi connectivity index (χ2v) is 13.6. The molecule has 0 bridgehead atoms. The molecular formula is C39H44O5. The Morgan fingerprint density at radius 2 is 0.705 bits per heavy atom. The number of benzene rings is 4. The first-order valence-electron chi connectivity index (χ1n) is 16.0. The molecule has 0 spiro atoms. The van der Waals surface area contributed by atoms with E-state index < -0.39 is 0 Å². The third-order valence-corrected chi connectivity index (χ3v) is 11.6. The van der Waals surface area contributed by atoms with E-state index in [1.54, 1.807) is 48.5 Å². The lowest BCUT2D eigenvalue weighted by atomic mass is 9.52. The molecule has 2 fully saturated rings. The van der Waals surface area contributed by atoms with Crippen molar-refractivity contribution in [2.45, 2.75) is 69.1 Å². The van der Waals surface area contributed by atoms with Crippen LogP contribution in [0, 0.1) is 17.3 Å². The van der Waals surface area contributed by atoms with Crippen LogP contribution in [0.5, 0.6) is 23.0 Å². The second kappa shape index (κ2) is 11.9. The van der Waals surface area contributed by atoms with Crippen LogP contribution in [0.3, 0.4) is 0 Å². The highest BCUT2D eigenvalue weighted by Gasteiger charge is 2.49. The van der Waals surface area contributed by atoms with Gasteiger partial charge in [0.15, 0.2) is 0 Å². The van der Waals surface area contributed by atoms with E-state index in [9.17, 15) is 25.5 Å². The molecule has 0 saturated heterocycles. The van der Waals surface area contributed by atoms with Gasteiger partial charge in [-0.25, -0.2) is 0 Å². The number of aliphatic hydroxyl groups excluding tert-OH is 1. The number of phenols is 4. The van der Waals surface area contributed by atoms with Crippen LogP contribution in [0.15, 0.2) is 97.1 Å². The average molecular weight is 593 g/mol. The standard InChI is InChI=1S/C39H44O5/c1-37(26-40,27-18-22-38(23-19-27,29-2-10-33(41)11-3-29)30-4-12-34(42)13-5-30)28-20-24-39(25-21-28,31-6-14-35(43)15-7-31)32-8-16-36(44)17-9-32/h2-17,27-28,40-44H,18-26H2,1H3. The highest BCUT2D eigenvalue weighted by atomic mass is 16.3. The van der Waals surface area contributed by atoms with E-state index in [4.69, 9.17) is 0 Å². The van der Waals surface area contributed by atoms with Gasteiger partial charge < -0.3 is 25.5 Å². The zero-order chi connectivity index (χ0) is 31.0. The van der Waals surface area contributed by atoms with Crippen molar-refractivity contribution in [3.05, 3.63) is 119 Å². The summed E-state index contributed by atoms with van der Waals surface area (Å²) >= 11 is 0. The van der Waals surface area contributed by atoms with Gasteiger partial charge in [0, 0.05) is 17.4 Å². The van der Waals surface area contributed by atoms with Gasteiger partial charge in [-0.2, -0.15) is 0 Å². The smallest absolute Gasteiger partial charge is 0.115 e. The lowest BCUT2D eigenvalue weighted by Crippen LogP contribution is -2.46. The van der Waals surface area contributed by atoms with Gasteiger partial charge in [0.25, 0.3) is 0 Å². The molecule has 0 aromatic heterocycles. The van der Waals surface area contributed by atoms with E-state index in [0.717, 1.165) is 51.4 Å². The van der Waals surface area contributed by atoms with E-state index in [-0.39, 0.29) is 45.8 Å². The maximum absolute atomic E-state index is 11.0. The molecule has 230 valence electrons. The lowest BCUT2D eigenvalue weighted by Gasteiger charge is -2.52. The van der Waals surface area contributed by atoms with Gasteiger partial charge in [0.05, 0.1) is 0 Å². The molecule has 0 radical (unpaired) electrons. The summed E-state index contributed by atoms with van der Waals surface area (Å²) in [4.78, 5) is 0. The zero-order valence-electron chi connectivity index (χ0n) is 25.5. The molecule has 4 aromatic rings. The van der Waals surface area contributed by atoms with E-state index in [2.05, 4.69) is 6.92 Å². The van der Waals surface area contributed by atoms with Gasteiger partial charge in [-0.1, -0.05) is 55.5 Å². The summed E-state index contributed by atoms with van der Waals surface area (Å²) in [6.45, 7) is 2.45. The third kappa shape index (κ3) is 5.32. The number of phenolic OH excluding ortho intramolecular Hbond substituents is 4. The topological polar surface area (TPSA) is 101 Å². The molecular weight excluding hydrogens is 548 g/mol. The van der Waals surface area contributed by atoms with E-state index in [0.29, 0.717) is 11.8 Å². The Balaban J connectivity index is 1.25. The summed E-state index contributed by atoms with van der Waals surface area (Å²) in [5.41, 5.74) is 4.06. The van der Waals surface area contributed by atoms with Crippen molar-refractivity contribution in [3.8, 4) is 23.0 Å². The molecule has 44 heavy (non-hydrogen) atoms. The van der Waals surface area contributed by atoms with Crippen molar-refractivity contribution in [1.82, 2.24) is 0 Å². The quantitative estimate of drug-likeness (QED) is 0.149. The molecule has 0 heterocycles. The Hall–Kier alpha value is -3.96. The van der Waals surface area contributed by atoms with Gasteiger partial charge in [-0.15, -0.1) is 0 Å². The molecule has 4 aromatic carbocycles. The van der Waals surface area contributed by atoms with Gasteiger partial charge in [0.1, 0.15) is 23.0 Å². The lowest BCUT2D eigenvalue weighted by molar-refractivity contribution is -0.0252. The minimum absolute atomic E-state index is 0.152. The summed E-state index contributed by atoms with van der Waals surface area (Å²) < 4.78 is 0. The Kier molecular flexibility index (Phi) is 8.10. The van der Waals surface area contributed by atoms with E-state index in [1.165, 1.54) is 22.3 Å². The first-order chi connectivity index (χ1) is 21.2. The summed E-state index contributed by atoms with van der Waals surface area (Å²) in [7, 11) is 0. The predicted octanol–water partition coefficient (Wildman–Crippen LogP) is 8.16. The van der Waals surface area contributed by atoms with Crippen LogP contribution >= 0.6 is 0 Å². The Bertz CT molecular complexity index is 1310. The summed E-state index contributed by atoms with van der Waals surface area (Å²) in [5.74, 6) is 1.76.